The molecule has 0 amide bonds. The molecule has 6 nitrogen and oxygen atoms in total. The lowest BCUT2D eigenvalue weighted by atomic mass is 10.3. The molecular weight excluding hydrogens is 274 g/mol. The van der Waals surface area contributed by atoms with Gasteiger partial charge >= 0.3 is 0 Å². The third-order valence-corrected chi connectivity index (χ3v) is 4.10. The van der Waals surface area contributed by atoms with Crippen LogP contribution >= 0.6 is 0 Å². The van der Waals surface area contributed by atoms with Crippen LogP contribution in [0.5, 0.6) is 0 Å². The molecule has 0 aromatic heterocycles. The van der Waals surface area contributed by atoms with Crippen molar-refractivity contribution in [1.82, 2.24) is 0 Å². The highest BCUT2D eigenvalue weighted by Crippen LogP contribution is 2.21. The van der Waals surface area contributed by atoms with Crippen LogP contribution in [0.1, 0.15) is 6.42 Å². The standard InChI is InChI=1S/C10H17N3O3S2/c1-17(14)6-2-5-13-8-3-4-10(9(11)7-8)18(12,15)16/h3-4,7,13H,2,5-6,11H2,1H3,(H2,12,15,16). The average Bonchev–Trinajstić information content (AvgIpc) is 2.22. The van der Waals surface area contributed by atoms with Crippen LogP contribution in [0.25, 0.3) is 0 Å². The van der Waals surface area contributed by atoms with E-state index in [0.717, 1.165) is 6.42 Å². The van der Waals surface area contributed by atoms with E-state index in [9.17, 15) is 12.6 Å². The van der Waals surface area contributed by atoms with Crippen molar-refractivity contribution in [2.24, 2.45) is 5.14 Å². The van der Waals surface area contributed by atoms with Gasteiger partial charge in [-0.05, 0) is 24.6 Å². The molecule has 1 aromatic rings. The van der Waals surface area contributed by atoms with E-state index in [0.29, 0.717) is 18.0 Å². The monoisotopic (exact) mass is 291 g/mol. The fourth-order valence-corrected chi connectivity index (χ4v) is 2.62. The van der Waals surface area contributed by atoms with Crippen LogP contribution in [0.2, 0.25) is 0 Å². The van der Waals surface area contributed by atoms with Crippen molar-refractivity contribution in [3.05, 3.63) is 18.2 Å². The summed E-state index contributed by atoms with van der Waals surface area (Å²) in [5.74, 6) is 0.623. The van der Waals surface area contributed by atoms with E-state index in [2.05, 4.69) is 5.32 Å². The molecule has 0 bridgehead atoms. The molecule has 1 aromatic carbocycles. The number of nitrogen functional groups attached to an aromatic ring is 1. The SMILES string of the molecule is CS(=O)CCCNc1ccc(S(N)(=O)=O)c(N)c1. The first-order valence-corrected chi connectivity index (χ1v) is 8.54. The molecule has 0 spiro atoms. The molecule has 1 rings (SSSR count). The lowest BCUT2D eigenvalue weighted by molar-refractivity contribution is 0.598. The Kier molecular flexibility index (Phi) is 5.12. The van der Waals surface area contributed by atoms with E-state index < -0.39 is 20.8 Å². The van der Waals surface area contributed by atoms with Crippen LogP contribution in [-0.4, -0.2) is 31.2 Å². The quantitative estimate of drug-likeness (QED) is 0.508. The van der Waals surface area contributed by atoms with Gasteiger partial charge in [0.05, 0.1) is 5.69 Å². The molecule has 0 heterocycles. The van der Waals surface area contributed by atoms with Crippen LogP contribution in [0.15, 0.2) is 23.1 Å². The minimum atomic E-state index is -3.78. The van der Waals surface area contributed by atoms with Gasteiger partial charge < -0.3 is 11.1 Å². The van der Waals surface area contributed by atoms with Gasteiger partial charge in [0, 0.05) is 35.0 Å². The van der Waals surface area contributed by atoms with Crippen molar-refractivity contribution >= 4 is 32.2 Å². The van der Waals surface area contributed by atoms with Crippen LogP contribution in [0, 0.1) is 0 Å². The lowest BCUT2D eigenvalue weighted by Crippen LogP contribution is -2.14. The number of nitrogens with two attached hydrogens (primary N) is 2. The van der Waals surface area contributed by atoms with Crippen molar-refractivity contribution in [3.63, 3.8) is 0 Å². The molecule has 1 unspecified atom stereocenters. The molecule has 0 fully saturated rings. The average molecular weight is 291 g/mol. The first-order valence-electron chi connectivity index (χ1n) is 5.27. The van der Waals surface area contributed by atoms with E-state index in [-0.39, 0.29) is 10.6 Å². The van der Waals surface area contributed by atoms with Gasteiger partial charge in [-0.15, -0.1) is 0 Å². The van der Waals surface area contributed by atoms with Gasteiger partial charge in [-0.3, -0.25) is 4.21 Å². The van der Waals surface area contributed by atoms with E-state index in [1.165, 1.54) is 12.1 Å². The zero-order chi connectivity index (χ0) is 13.8. The highest BCUT2D eigenvalue weighted by Gasteiger charge is 2.11. The molecule has 0 aliphatic heterocycles. The number of primary sulfonamides is 1. The summed E-state index contributed by atoms with van der Waals surface area (Å²) in [6.07, 6.45) is 2.42. The number of rotatable bonds is 6. The van der Waals surface area contributed by atoms with Crippen molar-refractivity contribution in [1.29, 1.82) is 0 Å². The largest absolute Gasteiger partial charge is 0.398 e. The maximum atomic E-state index is 11.1. The van der Waals surface area contributed by atoms with Gasteiger partial charge in [-0.2, -0.15) is 0 Å². The summed E-state index contributed by atoms with van der Waals surface area (Å²) in [5.41, 5.74) is 6.43. The number of nitrogens with one attached hydrogen (secondary N) is 1. The van der Waals surface area contributed by atoms with Gasteiger partial charge in [0.15, 0.2) is 0 Å². The topological polar surface area (TPSA) is 115 Å². The highest BCUT2D eigenvalue weighted by molar-refractivity contribution is 7.89. The molecule has 18 heavy (non-hydrogen) atoms. The Morgan fingerprint density at radius 2 is 2.06 bits per heavy atom. The molecule has 5 N–H and O–H groups in total. The second-order valence-electron chi connectivity index (χ2n) is 3.86. The number of anilines is 2. The highest BCUT2D eigenvalue weighted by atomic mass is 32.2. The summed E-state index contributed by atoms with van der Waals surface area (Å²) in [4.78, 5) is -0.0808. The molecule has 0 aliphatic carbocycles. The van der Waals surface area contributed by atoms with Gasteiger partial charge in [0.1, 0.15) is 4.90 Å². The second kappa shape index (κ2) is 6.17. The summed E-state index contributed by atoms with van der Waals surface area (Å²) in [5, 5.41) is 8.07. The molecule has 0 aliphatic rings. The fourth-order valence-electron chi connectivity index (χ4n) is 1.43. The van der Waals surface area contributed by atoms with E-state index in [1.54, 1.807) is 12.3 Å². The zero-order valence-corrected chi connectivity index (χ0v) is 11.7. The van der Waals surface area contributed by atoms with Crippen LogP contribution in [0.3, 0.4) is 0 Å². The van der Waals surface area contributed by atoms with Crippen LogP contribution in [-0.2, 0) is 20.8 Å². The van der Waals surface area contributed by atoms with E-state index in [4.69, 9.17) is 10.9 Å². The van der Waals surface area contributed by atoms with Gasteiger partial charge in [-0.25, -0.2) is 13.6 Å². The first-order chi connectivity index (χ1) is 8.30. The Hall–Kier alpha value is -1.12. The smallest absolute Gasteiger partial charge is 0.240 e. The van der Waals surface area contributed by atoms with Gasteiger partial charge in [-0.1, -0.05) is 0 Å². The number of sulfonamides is 1. The minimum Gasteiger partial charge on any atom is -0.398 e. The Morgan fingerprint density at radius 3 is 2.56 bits per heavy atom. The number of hydrogen-bond acceptors (Lipinski definition) is 5. The summed E-state index contributed by atoms with van der Waals surface area (Å²) in [6, 6.07) is 4.48. The third-order valence-electron chi connectivity index (χ3n) is 2.25. The normalized spacial score (nSPS) is 13.2. The Morgan fingerprint density at radius 1 is 1.39 bits per heavy atom. The maximum Gasteiger partial charge on any atom is 0.240 e. The zero-order valence-electron chi connectivity index (χ0n) is 10.0. The molecule has 0 saturated carbocycles. The van der Waals surface area contributed by atoms with Crippen molar-refractivity contribution < 1.29 is 12.6 Å². The Bertz CT molecular complexity index is 543. The first kappa shape index (κ1) is 14.9. The minimum absolute atomic E-state index is 0.0808. The molecular formula is C10H17N3O3S2. The predicted octanol–water partition coefficient (Wildman–Crippen LogP) is 0.0967. The van der Waals surface area contributed by atoms with Crippen molar-refractivity contribution in [2.75, 3.05) is 29.6 Å². The fraction of sp³-hybridized carbons (Fsp3) is 0.400. The number of benzene rings is 1. The summed E-state index contributed by atoms with van der Waals surface area (Å²) in [7, 11) is -4.58. The van der Waals surface area contributed by atoms with Crippen LogP contribution < -0.4 is 16.2 Å². The molecule has 0 radical (unpaired) electrons. The van der Waals surface area contributed by atoms with E-state index >= 15 is 0 Å². The van der Waals surface area contributed by atoms with Gasteiger partial charge in [0.25, 0.3) is 0 Å². The van der Waals surface area contributed by atoms with Gasteiger partial charge in [0.2, 0.25) is 10.0 Å². The number of hydrogen-bond donors (Lipinski definition) is 3. The summed E-state index contributed by atoms with van der Waals surface area (Å²) in [6.45, 7) is 0.647. The lowest BCUT2D eigenvalue weighted by Gasteiger charge is -2.09. The summed E-state index contributed by atoms with van der Waals surface area (Å²) < 4.78 is 33.1. The van der Waals surface area contributed by atoms with Crippen molar-refractivity contribution in [3.8, 4) is 0 Å². The Balaban J connectivity index is 2.65. The third kappa shape index (κ3) is 4.63. The van der Waals surface area contributed by atoms with Crippen LogP contribution in [0.4, 0.5) is 11.4 Å². The molecule has 1 atom stereocenters. The predicted molar refractivity (Wildman–Crippen MR) is 74.3 cm³/mol. The van der Waals surface area contributed by atoms with E-state index in [1.807, 2.05) is 0 Å². The molecule has 0 saturated heterocycles. The Labute approximate surface area is 109 Å². The maximum absolute atomic E-state index is 11.1. The second-order valence-corrected chi connectivity index (χ2v) is 6.94. The summed E-state index contributed by atoms with van der Waals surface area (Å²) >= 11 is 0. The van der Waals surface area contributed by atoms with Crippen molar-refractivity contribution in [2.45, 2.75) is 11.3 Å². The molecule has 8 heteroatoms. The molecule has 102 valence electrons.